The minimum atomic E-state index is -2.25. The highest BCUT2D eigenvalue weighted by molar-refractivity contribution is 4.81. The maximum absolute atomic E-state index is 11.1. The molecular weight excluding hydrogens is 170 g/mol. The summed E-state index contributed by atoms with van der Waals surface area (Å²) in [6, 6.07) is 0. The van der Waals surface area contributed by atoms with Crippen LogP contribution < -0.4 is 0 Å². The summed E-state index contributed by atoms with van der Waals surface area (Å²) in [5.74, 6) is -2.25. The molecule has 13 heavy (non-hydrogen) atoms. The van der Waals surface area contributed by atoms with Gasteiger partial charge in [-0.05, 0) is 0 Å². The van der Waals surface area contributed by atoms with Crippen molar-refractivity contribution in [1.29, 1.82) is 0 Å². The third-order valence-corrected chi connectivity index (χ3v) is 0.628. The van der Waals surface area contributed by atoms with Crippen LogP contribution in [0.5, 0.6) is 0 Å². The minimum Gasteiger partial charge on any atom is -0.207 e. The van der Waals surface area contributed by atoms with E-state index in [-0.39, 0.29) is 12.8 Å². The fourth-order valence-corrected chi connectivity index (χ4v) is 0.0945. The summed E-state index contributed by atoms with van der Waals surface area (Å²) >= 11 is 0. The third-order valence-electron chi connectivity index (χ3n) is 0.628. The molecule has 0 atom stereocenters. The Morgan fingerprint density at radius 2 is 0.923 bits per heavy atom. The Bertz CT molecular complexity index is 62.5. The quantitative estimate of drug-likeness (QED) is 0.495. The van der Waals surface area contributed by atoms with Crippen molar-refractivity contribution in [1.82, 2.24) is 0 Å². The highest BCUT2D eigenvalue weighted by atomic mass is 19.3. The van der Waals surface area contributed by atoms with Gasteiger partial charge in [0.2, 0.25) is 5.92 Å². The van der Waals surface area contributed by atoms with Crippen LogP contribution >= 0.6 is 0 Å². The Labute approximate surface area is 82.7 Å². The summed E-state index contributed by atoms with van der Waals surface area (Å²) in [4.78, 5) is 0. The maximum atomic E-state index is 11.1. The largest absolute Gasteiger partial charge is 0.248 e. The Kier molecular flexibility index (Phi) is 20.6. The zero-order chi connectivity index (χ0) is 11.3. The fraction of sp³-hybridized carbons (Fsp3) is 1.00. The van der Waals surface area contributed by atoms with E-state index < -0.39 is 5.92 Å². The minimum absolute atomic E-state index is 0.118. The van der Waals surface area contributed by atoms with Gasteiger partial charge < -0.3 is 0 Å². The smallest absolute Gasteiger partial charge is 0.207 e. The van der Waals surface area contributed by atoms with Crippen molar-refractivity contribution in [2.75, 3.05) is 0 Å². The fourth-order valence-electron chi connectivity index (χ4n) is 0.0945. The Morgan fingerprint density at radius 3 is 0.923 bits per heavy atom. The first-order valence-electron chi connectivity index (χ1n) is 5.41. The zero-order valence-corrected chi connectivity index (χ0v) is 10.1. The molecule has 1 aliphatic carbocycles. The van der Waals surface area contributed by atoms with E-state index in [1.54, 1.807) is 0 Å². The maximum Gasteiger partial charge on any atom is 0.248 e. The molecule has 0 spiro atoms. The van der Waals surface area contributed by atoms with Gasteiger partial charge in [-0.1, -0.05) is 54.4 Å². The molecule has 0 N–H and O–H groups in total. The molecule has 0 aliphatic heterocycles. The van der Waals surface area contributed by atoms with Gasteiger partial charge in [-0.2, -0.15) is 0 Å². The third kappa shape index (κ3) is 48.8. The molecule has 0 saturated heterocycles. The highest BCUT2D eigenvalue weighted by Crippen LogP contribution is 2.40. The summed E-state index contributed by atoms with van der Waals surface area (Å²) in [6.07, 6.45) is 2.74. The average Bonchev–Trinajstić information content (AvgIpc) is 2.73. The van der Waals surface area contributed by atoms with E-state index in [4.69, 9.17) is 0 Å². The van der Waals surface area contributed by atoms with Crippen LogP contribution in [0, 0.1) is 0 Å². The summed E-state index contributed by atoms with van der Waals surface area (Å²) in [5.41, 5.74) is 0. The number of hydrogen-bond acceptors (Lipinski definition) is 0. The number of hydrogen-bond donors (Lipinski definition) is 0. The summed E-state index contributed by atoms with van der Waals surface area (Å²) in [5, 5.41) is 0. The van der Waals surface area contributed by atoms with E-state index in [2.05, 4.69) is 27.7 Å². The van der Waals surface area contributed by atoms with Crippen LogP contribution in [0.1, 0.15) is 67.2 Å². The molecular formula is C11H26F2. The van der Waals surface area contributed by atoms with Gasteiger partial charge in [0.05, 0.1) is 0 Å². The molecule has 1 aliphatic rings. The van der Waals surface area contributed by atoms with Gasteiger partial charge in [0.1, 0.15) is 0 Å². The molecule has 1 fully saturated rings. The number of rotatable bonds is 0. The standard InChI is InChI=1S/C3H4F2.2C3H8.C2H6/c4-3(5)1-2-3;2*1-3-2;1-2/h1-2H2;2*3H2,1-2H3;1-2H3. The van der Waals surface area contributed by atoms with Gasteiger partial charge in [0.15, 0.2) is 0 Å². The lowest BCUT2D eigenvalue weighted by molar-refractivity contribution is 0.120. The Balaban J connectivity index is -0.000000112. The van der Waals surface area contributed by atoms with Crippen molar-refractivity contribution < 1.29 is 8.78 Å². The Hall–Kier alpha value is -0.140. The lowest BCUT2D eigenvalue weighted by Crippen LogP contribution is -1.79. The van der Waals surface area contributed by atoms with Crippen molar-refractivity contribution >= 4 is 0 Å². The number of halogens is 2. The lowest BCUT2D eigenvalue weighted by Gasteiger charge is -1.76. The van der Waals surface area contributed by atoms with Crippen LogP contribution in [-0.4, -0.2) is 5.92 Å². The SMILES string of the molecule is CC.CCC.CCC.FC1(F)CC1. The second-order valence-corrected chi connectivity index (χ2v) is 2.77. The number of alkyl halides is 2. The van der Waals surface area contributed by atoms with E-state index in [1.807, 2.05) is 13.8 Å². The average molecular weight is 196 g/mol. The molecule has 84 valence electrons. The van der Waals surface area contributed by atoms with Crippen molar-refractivity contribution in [3.05, 3.63) is 0 Å². The molecule has 0 amide bonds. The van der Waals surface area contributed by atoms with Gasteiger partial charge >= 0.3 is 0 Å². The van der Waals surface area contributed by atoms with Crippen LogP contribution in [0.15, 0.2) is 0 Å². The summed E-state index contributed by atoms with van der Waals surface area (Å²) in [7, 11) is 0. The molecule has 0 aromatic heterocycles. The highest BCUT2D eigenvalue weighted by Gasteiger charge is 2.43. The second kappa shape index (κ2) is 14.4. The molecule has 0 radical (unpaired) electrons. The first-order chi connectivity index (χ1) is 6.04. The zero-order valence-electron chi connectivity index (χ0n) is 10.1. The van der Waals surface area contributed by atoms with E-state index in [9.17, 15) is 8.78 Å². The van der Waals surface area contributed by atoms with Crippen molar-refractivity contribution in [3.63, 3.8) is 0 Å². The van der Waals surface area contributed by atoms with Crippen LogP contribution in [0.25, 0.3) is 0 Å². The first-order valence-corrected chi connectivity index (χ1v) is 5.41. The predicted molar refractivity (Wildman–Crippen MR) is 57.5 cm³/mol. The predicted octanol–water partition coefficient (Wildman–Crippen LogP) is 5.27. The second-order valence-electron chi connectivity index (χ2n) is 2.77. The molecule has 1 rings (SSSR count). The summed E-state index contributed by atoms with van der Waals surface area (Å²) in [6.45, 7) is 12.5. The monoisotopic (exact) mass is 196 g/mol. The van der Waals surface area contributed by atoms with E-state index in [0.29, 0.717) is 0 Å². The molecule has 1 saturated carbocycles. The van der Waals surface area contributed by atoms with Gasteiger partial charge in [-0.25, -0.2) is 8.78 Å². The van der Waals surface area contributed by atoms with Crippen molar-refractivity contribution in [3.8, 4) is 0 Å². The van der Waals surface area contributed by atoms with E-state index >= 15 is 0 Å². The molecule has 0 unspecified atom stereocenters. The molecule has 0 aromatic carbocycles. The Morgan fingerprint density at radius 1 is 0.846 bits per heavy atom. The van der Waals surface area contributed by atoms with Crippen LogP contribution in [-0.2, 0) is 0 Å². The van der Waals surface area contributed by atoms with E-state index in [0.717, 1.165) is 0 Å². The van der Waals surface area contributed by atoms with Crippen molar-refractivity contribution in [2.24, 2.45) is 0 Å². The molecule has 0 bridgehead atoms. The van der Waals surface area contributed by atoms with Gasteiger partial charge in [0.25, 0.3) is 0 Å². The normalized spacial score (nSPS) is 14.8. The summed E-state index contributed by atoms with van der Waals surface area (Å²) < 4.78 is 22.3. The topological polar surface area (TPSA) is 0 Å². The van der Waals surface area contributed by atoms with Crippen molar-refractivity contribution in [2.45, 2.75) is 73.1 Å². The van der Waals surface area contributed by atoms with Gasteiger partial charge in [-0.15, -0.1) is 0 Å². The van der Waals surface area contributed by atoms with Gasteiger partial charge in [0, 0.05) is 12.8 Å². The van der Waals surface area contributed by atoms with Crippen LogP contribution in [0.2, 0.25) is 0 Å². The van der Waals surface area contributed by atoms with E-state index in [1.165, 1.54) is 12.8 Å². The molecule has 0 heterocycles. The lowest BCUT2D eigenvalue weighted by atomic mass is 10.6. The molecule has 2 heteroatoms. The van der Waals surface area contributed by atoms with Crippen LogP contribution in [0.4, 0.5) is 8.78 Å². The molecule has 0 nitrogen and oxygen atoms in total. The van der Waals surface area contributed by atoms with Gasteiger partial charge in [-0.3, -0.25) is 0 Å². The van der Waals surface area contributed by atoms with Crippen LogP contribution in [0.3, 0.4) is 0 Å². The first kappa shape index (κ1) is 18.6. The molecule has 0 aromatic rings.